The lowest BCUT2D eigenvalue weighted by Crippen LogP contribution is -2.46. The summed E-state index contributed by atoms with van der Waals surface area (Å²) in [6.45, 7) is 1.70. The molecule has 0 fully saturated rings. The van der Waals surface area contributed by atoms with Gasteiger partial charge in [0.05, 0.1) is 12.0 Å². The van der Waals surface area contributed by atoms with E-state index in [1.54, 1.807) is 6.92 Å². The average Bonchev–Trinajstić information content (AvgIpc) is 2.95. The van der Waals surface area contributed by atoms with E-state index in [9.17, 15) is 9.59 Å². The topological polar surface area (TPSA) is 96.0 Å². The minimum Gasteiger partial charge on any atom is -0.368 e. The summed E-state index contributed by atoms with van der Waals surface area (Å²) in [6.07, 6.45) is 0.202. The Morgan fingerprint density at radius 2 is 1.64 bits per heavy atom. The third-order valence-corrected chi connectivity index (χ3v) is 4.57. The van der Waals surface area contributed by atoms with Gasteiger partial charge >= 0.3 is 0 Å². The number of rotatable bonds is 5. The fourth-order valence-corrected chi connectivity index (χ4v) is 3.35. The van der Waals surface area contributed by atoms with Crippen LogP contribution in [0.25, 0.3) is 11.1 Å². The molecule has 2 aromatic carbocycles. The van der Waals surface area contributed by atoms with Crippen LogP contribution >= 0.6 is 0 Å². The Morgan fingerprint density at radius 1 is 1.12 bits per heavy atom. The Morgan fingerprint density at radius 3 is 2.12 bits per heavy atom. The van der Waals surface area contributed by atoms with E-state index in [4.69, 9.17) is 11.0 Å². The highest BCUT2D eigenvalue weighted by Gasteiger charge is 2.35. The summed E-state index contributed by atoms with van der Waals surface area (Å²) in [5, 5.41) is 11.7. The molecule has 0 saturated carbocycles. The number of fused-ring (bicyclic) bond motifs is 3. The van der Waals surface area contributed by atoms with E-state index in [-0.39, 0.29) is 18.2 Å². The Kier molecular flexibility index (Phi) is 4.53. The Bertz CT molecular complexity index is 824. The molecular weight excluding hydrogens is 314 g/mol. The maximum atomic E-state index is 13.0. The highest BCUT2D eigenvalue weighted by atomic mass is 16.2. The van der Waals surface area contributed by atoms with Crippen molar-refractivity contribution in [3.05, 3.63) is 59.7 Å². The average molecular weight is 333 g/mol. The van der Waals surface area contributed by atoms with Crippen molar-refractivity contribution in [1.29, 1.82) is 5.26 Å². The molecule has 2 aromatic rings. The Balaban J connectivity index is 1.92. The molecule has 0 saturated heterocycles. The van der Waals surface area contributed by atoms with Crippen molar-refractivity contribution in [1.82, 2.24) is 5.32 Å². The van der Waals surface area contributed by atoms with E-state index in [0.717, 1.165) is 22.3 Å². The number of hydrogen-bond donors (Lipinski definition) is 2. The van der Waals surface area contributed by atoms with Crippen molar-refractivity contribution in [3.63, 3.8) is 0 Å². The maximum Gasteiger partial charge on any atom is 0.240 e. The number of nitriles is 1. The third kappa shape index (κ3) is 3.11. The second-order valence-corrected chi connectivity index (χ2v) is 6.34. The number of benzene rings is 2. The van der Waals surface area contributed by atoms with Gasteiger partial charge in [-0.15, -0.1) is 0 Å². The zero-order valence-electron chi connectivity index (χ0n) is 13.9. The maximum absolute atomic E-state index is 13.0. The van der Waals surface area contributed by atoms with Gasteiger partial charge in [-0.1, -0.05) is 48.5 Å². The number of nitrogens with zero attached hydrogens (tertiary/aromatic N) is 1. The summed E-state index contributed by atoms with van der Waals surface area (Å²) < 4.78 is 0. The monoisotopic (exact) mass is 333 g/mol. The van der Waals surface area contributed by atoms with Crippen LogP contribution in [0.1, 0.15) is 30.4 Å². The quantitative estimate of drug-likeness (QED) is 0.879. The fourth-order valence-electron chi connectivity index (χ4n) is 3.35. The van der Waals surface area contributed by atoms with Crippen molar-refractivity contribution in [3.8, 4) is 17.2 Å². The van der Waals surface area contributed by atoms with E-state index in [2.05, 4.69) is 11.4 Å². The molecule has 3 N–H and O–H groups in total. The minimum atomic E-state index is -0.859. The number of carbonyl (C=O) groups is 2. The van der Waals surface area contributed by atoms with Crippen LogP contribution in [0.4, 0.5) is 0 Å². The van der Waals surface area contributed by atoms with E-state index in [0.29, 0.717) is 0 Å². The summed E-state index contributed by atoms with van der Waals surface area (Å²) >= 11 is 0. The molecule has 0 radical (unpaired) electrons. The molecule has 5 heteroatoms. The van der Waals surface area contributed by atoms with Crippen molar-refractivity contribution in [2.45, 2.75) is 25.3 Å². The number of nitrogens with one attached hydrogen (secondary N) is 1. The molecule has 5 nitrogen and oxygen atoms in total. The van der Waals surface area contributed by atoms with Gasteiger partial charge in [0, 0.05) is 5.92 Å². The van der Waals surface area contributed by atoms with Crippen LogP contribution in [-0.4, -0.2) is 17.9 Å². The van der Waals surface area contributed by atoms with Crippen LogP contribution in [0.2, 0.25) is 0 Å². The molecule has 1 aliphatic carbocycles. The standard InChI is InChI=1S/C20H19N3O2/c1-12(11-21)10-17(19(22)24)23-20(25)18-15-8-4-2-6-13(15)14-7-3-5-9-16(14)18/h2-9,12,17-18H,10H2,1H3,(H2,22,24)(H,23,25)/t12-,17+/m0/s1. The van der Waals surface area contributed by atoms with E-state index in [1.807, 2.05) is 48.5 Å². The lowest BCUT2D eigenvalue weighted by molar-refractivity contribution is -0.128. The molecular formula is C20H19N3O2. The highest BCUT2D eigenvalue weighted by Crippen LogP contribution is 2.44. The summed E-state index contributed by atoms with van der Waals surface area (Å²) in [4.78, 5) is 24.6. The lowest BCUT2D eigenvalue weighted by atomic mass is 9.94. The number of carbonyl (C=O) groups excluding carboxylic acids is 2. The number of hydrogen-bond acceptors (Lipinski definition) is 3. The molecule has 0 aromatic heterocycles. The van der Waals surface area contributed by atoms with Crippen molar-refractivity contribution < 1.29 is 9.59 Å². The number of amides is 2. The lowest BCUT2D eigenvalue weighted by Gasteiger charge is -2.20. The third-order valence-electron chi connectivity index (χ3n) is 4.57. The smallest absolute Gasteiger partial charge is 0.240 e. The summed E-state index contributed by atoms with van der Waals surface area (Å²) in [7, 11) is 0. The summed E-state index contributed by atoms with van der Waals surface area (Å²) in [5.41, 5.74) is 9.30. The van der Waals surface area contributed by atoms with E-state index < -0.39 is 17.9 Å². The number of nitrogens with two attached hydrogens (primary N) is 1. The van der Waals surface area contributed by atoms with Gasteiger partial charge in [-0.3, -0.25) is 9.59 Å². The normalized spacial score (nSPS) is 14.7. The first-order chi connectivity index (χ1) is 12.0. The first kappa shape index (κ1) is 16.7. The summed E-state index contributed by atoms with van der Waals surface area (Å²) in [6, 6.07) is 16.7. The molecule has 2 amide bonds. The van der Waals surface area contributed by atoms with Crippen molar-refractivity contribution in [2.24, 2.45) is 11.7 Å². The molecule has 0 heterocycles. The van der Waals surface area contributed by atoms with Gasteiger partial charge < -0.3 is 11.1 Å². The van der Waals surface area contributed by atoms with Crippen LogP contribution in [0.15, 0.2) is 48.5 Å². The van der Waals surface area contributed by atoms with Crippen LogP contribution in [0.5, 0.6) is 0 Å². The molecule has 25 heavy (non-hydrogen) atoms. The molecule has 2 atom stereocenters. The van der Waals surface area contributed by atoms with Crippen LogP contribution in [-0.2, 0) is 9.59 Å². The fraction of sp³-hybridized carbons (Fsp3) is 0.250. The molecule has 1 aliphatic rings. The largest absolute Gasteiger partial charge is 0.368 e. The molecule has 0 aliphatic heterocycles. The predicted octanol–water partition coefficient (Wildman–Crippen LogP) is 2.32. The minimum absolute atomic E-state index is 0.202. The van der Waals surface area contributed by atoms with Gasteiger partial charge in [-0.2, -0.15) is 5.26 Å². The van der Waals surface area contributed by atoms with Gasteiger partial charge in [0.2, 0.25) is 11.8 Å². The Hall–Kier alpha value is -3.13. The van der Waals surface area contributed by atoms with Gasteiger partial charge in [-0.05, 0) is 35.6 Å². The number of primary amides is 1. The van der Waals surface area contributed by atoms with Gasteiger partial charge in [-0.25, -0.2) is 0 Å². The SMILES string of the molecule is C[C@H](C#N)C[C@@H](NC(=O)C1c2ccccc2-c2ccccc21)C(N)=O. The zero-order valence-corrected chi connectivity index (χ0v) is 13.9. The van der Waals surface area contributed by atoms with Crippen molar-refractivity contribution in [2.75, 3.05) is 0 Å². The molecule has 0 spiro atoms. The first-order valence-electron chi connectivity index (χ1n) is 8.20. The molecule has 3 rings (SSSR count). The van der Waals surface area contributed by atoms with Gasteiger partial charge in [0.15, 0.2) is 0 Å². The molecule has 0 unspecified atom stereocenters. The first-order valence-corrected chi connectivity index (χ1v) is 8.20. The van der Waals surface area contributed by atoms with Crippen LogP contribution < -0.4 is 11.1 Å². The van der Waals surface area contributed by atoms with E-state index >= 15 is 0 Å². The zero-order chi connectivity index (χ0) is 18.0. The van der Waals surface area contributed by atoms with Crippen LogP contribution in [0, 0.1) is 17.2 Å². The summed E-state index contributed by atoms with van der Waals surface area (Å²) in [5.74, 6) is -1.76. The van der Waals surface area contributed by atoms with Gasteiger partial charge in [0.25, 0.3) is 0 Å². The molecule has 126 valence electrons. The highest BCUT2D eigenvalue weighted by molar-refractivity contribution is 5.98. The van der Waals surface area contributed by atoms with Crippen LogP contribution in [0.3, 0.4) is 0 Å². The second kappa shape index (κ2) is 6.78. The van der Waals surface area contributed by atoms with Gasteiger partial charge in [0.1, 0.15) is 6.04 Å². The Labute approximate surface area is 146 Å². The molecule has 0 bridgehead atoms. The predicted molar refractivity (Wildman–Crippen MR) is 94.2 cm³/mol. The van der Waals surface area contributed by atoms with E-state index in [1.165, 1.54) is 0 Å². The van der Waals surface area contributed by atoms with Crippen molar-refractivity contribution >= 4 is 11.8 Å². The second-order valence-electron chi connectivity index (χ2n) is 6.34.